The van der Waals surface area contributed by atoms with E-state index in [0.29, 0.717) is 12.2 Å². The minimum atomic E-state index is -0.218. The topological polar surface area (TPSA) is 52.3 Å². The van der Waals surface area contributed by atoms with E-state index >= 15 is 0 Å². The third-order valence-electron chi connectivity index (χ3n) is 2.11. The van der Waals surface area contributed by atoms with Crippen LogP contribution in [0.5, 0.6) is 0 Å². The Morgan fingerprint density at radius 1 is 1.43 bits per heavy atom. The van der Waals surface area contributed by atoms with E-state index in [1.54, 1.807) is 6.92 Å². The molecule has 0 aliphatic rings. The number of nitrogens with two attached hydrogens (primary N) is 1. The molecule has 0 aromatic heterocycles. The van der Waals surface area contributed by atoms with Gasteiger partial charge >= 0.3 is 5.97 Å². The zero-order chi connectivity index (χ0) is 11.1. The normalized spacial score (nSPS) is 14.6. The van der Waals surface area contributed by atoms with Gasteiger partial charge in [0.1, 0.15) is 0 Å². The van der Waals surface area contributed by atoms with Gasteiger partial charge < -0.3 is 10.5 Å². The zero-order valence-electron chi connectivity index (χ0n) is 9.59. The minimum Gasteiger partial charge on any atom is -0.463 e. The van der Waals surface area contributed by atoms with Crippen molar-refractivity contribution in [2.24, 2.45) is 5.73 Å². The Labute approximate surface area is 86.3 Å². The molecule has 1 unspecified atom stereocenters. The van der Waals surface area contributed by atoms with Gasteiger partial charge in [-0.1, -0.05) is 12.5 Å². The average molecular weight is 199 g/mol. The van der Waals surface area contributed by atoms with Gasteiger partial charge in [0.25, 0.3) is 0 Å². The molecule has 0 heterocycles. The Morgan fingerprint density at radius 2 is 2.00 bits per heavy atom. The van der Waals surface area contributed by atoms with Crippen molar-refractivity contribution in [1.82, 2.24) is 0 Å². The van der Waals surface area contributed by atoms with Crippen molar-refractivity contribution in [3.8, 4) is 0 Å². The van der Waals surface area contributed by atoms with Gasteiger partial charge in [-0.2, -0.15) is 0 Å². The first-order valence-corrected chi connectivity index (χ1v) is 5.14. The molecule has 0 rings (SSSR count). The van der Waals surface area contributed by atoms with E-state index in [2.05, 4.69) is 0 Å². The van der Waals surface area contributed by atoms with Gasteiger partial charge in [-0.05, 0) is 33.6 Å². The molecular weight excluding hydrogens is 178 g/mol. The van der Waals surface area contributed by atoms with Gasteiger partial charge in [-0.3, -0.25) is 0 Å². The molecule has 0 radical (unpaired) electrons. The van der Waals surface area contributed by atoms with Crippen molar-refractivity contribution in [2.75, 3.05) is 6.61 Å². The lowest BCUT2D eigenvalue weighted by molar-refractivity contribution is -0.138. The highest BCUT2D eigenvalue weighted by molar-refractivity contribution is 5.88. The third kappa shape index (κ3) is 4.42. The van der Waals surface area contributed by atoms with Crippen LogP contribution < -0.4 is 5.73 Å². The van der Waals surface area contributed by atoms with E-state index < -0.39 is 0 Å². The van der Waals surface area contributed by atoms with Crippen LogP contribution in [-0.4, -0.2) is 18.6 Å². The average Bonchev–Trinajstić information content (AvgIpc) is 2.13. The lowest BCUT2D eigenvalue weighted by Gasteiger charge is -2.11. The standard InChI is InChI=1S/C11H21NO2/c1-5-10(7-8(3)12)9(4)11(13)14-6-2/h8H,5-7,12H2,1-4H3. The Bertz CT molecular complexity index is 219. The summed E-state index contributed by atoms with van der Waals surface area (Å²) in [5.41, 5.74) is 7.50. The number of carbonyl (C=O) groups is 1. The molecule has 14 heavy (non-hydrogen) atoms. The number of carbonyl (C=O) groups excluding carboxylic acids is 1. The van der Waals surface area contributed by atoms with Crippen molar-refractivity contribution < 1.29 is 9.53 Å². The summed E-state index contributed by atoms with van der Waals surface area (Å²) < 4.78 is 4.93. The fraction of sp³-hybridized carbons (Fsp3) is 0.727. The SMILES string of the molecule is CCOC(=O)C(C)=C(CC)CC(C)N. The maximum Gasteiger partial charge on any atom is 0.333 e. The highest BCUT2D eigenvalue weighted by Crippen LogP contribution is 2.15. The number of hydrogen-bond donors (Lipinski definition) is 1. The van der Waals surface area contributed by atoms with Gasteiger partial charge in [0.05, 0.1) is 6.61 Å². The summed E-state index contributed by atoms with van der Waals surface area (Å²) in [5, 5.41) is 0. The van der Waals surface area contributed by atoms with Crippen LogP contribution in [0.3, 0.4) is 0 Å². The van der Waals surface area contributed by atoms with Crippen LogP contribution in [0.4, 0.5) is 0 Å². The van der Waals surface area contributed by atoms with Crippen molar-refractivity contribution in [3.05, 3.63) is 11.1 Å². The summed E-state index contributed by atoms with van der Waals surface area (Å²) >= 11 is 0. The molecule has 82 valence electrons. The van der Waals surface area contributed by atoms with Crippen molar-refractivity contribution in [1.29, 1.82) is 0 Å². The van der Waals surface area contributed by atoms with E-state index in [4.69, 9.17) is 10.5 Å². The molecule has 0 bridgehead atoms. The van der Waals surface area contributed by atoms with Gasteiger partial charge in [0.2, 0.25) is 0 Å². The fourth-order valence-electron chi connectivity index (χ4n) is 1.33. The Kier molecular flexibility index (Phi) is 6.21. The molecule has 0 saturated heterocycles. The molecule has 0 aliphatic carbocycles. The lowest BCUT2D eigenvalue weighted by atomic mass is 10.0. The van der Waals surface area contributed by atoms with E-state index in [9.17, 15) is 4.79 Å². The second-order valence-electron chi connectivity index (χ2n) is 3.48. The van der Waals surface area contributed by atoms with Gasteiger partial charge in [0, 0.05) is 11.6 Å². The second-order valence-corrected chi connectivity index (χ2v) is 3.48. The minimum absolute atomic E-state index is 0.0920. The summed E-state index contributed by atoms with van der Waals surface area (Å²) in [6, 6.07) is 0.0920. The first kappa shape index (κ1) is 13.2. The van der Waals surface area contributed by atoms with Crippen LogP contribution in [0.2, 0.25) is 0 Å². The van der Waals surface area contributed by atoms with E-state index in [0.717, 1.165) is 18.4 Å². The van der Waals surface area contributed by atoms with Crippen LogP contribution in [0, 0.1) is 0 Å². The zero-order valence-corrected chi connectivity index (χ0v) is 9.59. The van der Waals surface area contributed by atoms with E-state index in [1.165, 1.54) is 0 Å². The van der Waals surface area contributed by atoms with Crippen LogP contribution in [0.1, 0.15) is 40.5 Å². The van der Waals surface area contributed by atoms with Crippen LogP contribution >= 0.6 is 0 Å². The molecule has 0 aliphatic heterocycles. The molecule has 0 aromatic rings. The molecule has 3 nitrogen and oxygen atoms in total. The molecule has 0 aromatic carbocycles. The van der Waals surface area contributed by atoms with Gasteiger partial charge in [-0.15, -0.1) is 0 Å². The number of esters is 1. The van der Waals surface area contributed by atoms with Crippen molar-refractivity contribution >= 4 is 5.97 Å². The van der Waals surface area contributed by atoms with Gasteiger partial charge in [-0.25, -0.2) is 4.79 Å². The molecule has 3 heteroatoms. The van der Waals surface area contributed by atoms with Crippen molar-refractivity contribution in [3.63, 3.8) is 0 Å². The predicted octanol–water partition coefficient (Wildman–Crippen LogP) is 2.01. The quantitative estimate of drug-likeness (QED) is 0.544. The summed E-state index contributed by atoms with van der Waals surface area (Å²) in [6.45, 7) is 8.00. The lowest BCUT2D eigenvalue weighted by Crippen LogP contribution is -2.17. The monoisotopic (exact) mass is 199 g/mol. The first-order chi connectivity index (χ1) is 6.52. The van der Waals surface area contributed by atoms with E-state index in [-0.39, 0.29) is 12.0 Å². The maximum atomic E-state index is 11.4. The smallest absolute Gasteiger partial charge is 0.333 e. The predicted molar refractivity (Wildman–Crippen MR) is 57.9 cm³/mol. The number of rotatable bonds is 5. The van der Waals surface area contributed by atoms with Gasteiger partial charge in [0.15, 0.2) is 0 Å². The molecule has 0 amide bonds. The Balaban J connectivity index is 4.56. The molecule has 0 fully saturated rings. The summed E-state index contributed by atoms with van der Waals surface area (Å²) in [7, 11) is 0. The summed E-state index contributed by atoms with van der Waals surface area (Å²) in [5.74, 6) is -0.218. The van der Waals surface area contributed by atoms with Crippen LogP contribution in [0.25, 0.3) is 0 Å². The molecule has 1 atom stereocenters. The Morgan fingerprint density at radius 3 is 2.36 bits per heavy atom. The molecule has 0 saturated carbocycles. The van der Waals surface area contributed by atoms with E-state index in [1.807, 2.05) is 20.8 Å². The molecule has 2 N–H and O–H groups in total. The second kappa shape index (κ2) is 6.60. The summed E-state index contributed by atoms with van der Waals surface area (Å²) in [4.78, 5) is 11.4. The van der Waals surface area contributed by atoms with Crippen LogP contribution in [-0.2, 0) is 9.53 Å². The fourth-order valence-corrected chi connectivity index (χ4v) is 1.33. The number of hydrogen-bond acceptors (Lipinski definition) is 3. The number of ether oxygens (including phenoxy) is 1. The maximum absolute atomic E-state index is 11.4. The largest absolute Gasteiger partial charge is 0.463 e. The summed E-state index contributed by atoms with van der Waals surface area (Å²) in [6.07, 6.45) is 1.62. The molecule has 0 spiro atoms. The highest BCUT2D eigenvalue weighted by atomic mass is 16.5. The molecular formula is C11H21NO2. The van der Waals surface area contributed by atoms with Crippen LogP contribution in [0.15, 0.2) is 11.1 Å². The highest BCUT2D eigenvalue weighted by Gasteiger charge is 2.11. The van der Waals surface area contributed by atoms with Crippen molar-refractivity contribution in [2.45, 2.75) is 46.6 Å². The Hall–Kier alpha value is -0.830. The third-order valence-corrected chi connectivity index (χ3v) is 2.11. The first-order valence-electron chi connectivity index (χ1n) is 5.14.